The summed E-state index contributed by atoms with van der Waals surface area (Å²) in [6.45, 7) is 2.81. The average Bonchev–Trinajstić information content (AvgIpc) is 2.35. The van der Waals surface area contributed by atoms with E-state index in [2.05, 4.69) is 17.6 Å². The zero-order valence-corrected chi connectivity index (χ0v) is 10.1. The van der Waals surface area contributed by atoms with Crippen LogP contribution in [0.3, 0.4) is 0 Å². The molecule has 17 heavy (non-hydrogen) atoms. The van der Waals surface area contributed by atoms with Gasteiger partial charge < -0.3 is 15.7 Å². The molecule has 0 bridgehead atoms. The van der Waals surface area contributed by atoms with Crippen molar-refractivity contribution < 1.29 is 9.90 Å². The first-order valence-corrected chi connectivity index (χ1v) is 5.97. The van der Waals surface area contributed by atoms with E-state index >= 15 is 0 Å². The van der Waals surface area contributed by atoms with Crippen LogP contribution in [0.4, 0.5) is 10.5 Å². The SMILES string of the molecule is CCC(CCO)CNC(=O)Nc1ccccc1. The first-order chi connectivity index (χ1) is 8.26. The van der Waals surface area contributed by atoms with Gasteiger partial charge in [-0.2, -0.15) is 0 Å². The maximum Gasteiger partial charge on any atom is 0.319 e. The van der Waals surface area contributed by atoms with Gasteiger partial charge in [-0.05, 0) is 24.5 Å². The lowest BCUT2D eigenvalue weighted by atomic mass is 10.0. The number of carbonyl (C=O) groups excluding carboxylic acids is 1. The molecule has 1 atom stereocenters. The van der Waals surface area contributed by atoms with Crippen LogP contribution in [0.25, 0.3) is 0 Å². The van der Waals surface area contributed by atoms with Gasteiger partial charge in [0.15, 0.2) is 0 Å². The fourth-order valence-electron chi connectivity index (χ4n) is 1.57. The molecule has 0 aliphatic rings. The highest BCUT2D eigenvalue weighted by atomic mass is 16.3. The Hall–Kier alpha value is -1.55. The molecular weight excluding hydrogens is 216 g/mol. The summed E-state index contributed by atoms with van der Waals surface area (Å²) in [5, 5.41) is 14.4. The largest absolute Gasteiger partial charge is 0.396 e. The van der Waals surface area contributed by atoms with Crippen molar-refractivity contribution in [3.05, 3.63) is 30.3 Å². The molecule has 0 spiro atoms. The Kier molecular flexibility index (Phi) is 6.10. The highest BCUT2D eigenvalue weighted by Gasteiger charge is 2.07. The number of hydrogen-bond donors (Lipinski definition) is 3. The van der Waals surface area contributed by atoms with Gasteiger partial charge in [-0.25, -0.2) is 4.79 Å². The first kappa shape index (κ1) is 13.5. The minimum atomic E-state index is -0.201. The number of carbonyl (C=O) groups is 1. The topological polar surface area (TPSA) is 61.4 Å². The average molecular weight is 236 g/mol. The second kappa shape index (κ2) is 7.68. The van der Waals surface area contributed by atoms with Crippen molar-refractivity contribution in [2.24, 2.45) is 5.92 Å². The van der Waals surface area contributed by atoms with E-state index in [1.807, 2.05) is 30.3 Å². The number of urea groups is 1. The van der Waals surface area contributed by atoms with Gasteiger partial charge in [0, 0.05) is 18.8 Å². The van der Waals surface area contributed by atoms with E-state index in [0.29, 0.717) is 12.5 Å². The van der Waals surface area contributed by atoms with E-state index < -0.39 is 0 Å². The molecule has 3 N–H and O–H groups in total. The normalized spacial score (nSPS) is 11.9. The van der Waals surface area contributed by atoms with Crippen LogP contribution in [-0.2, 0) is 0 Å². The fourth-order valence-corrected chi connectivity index (χ4v) is 1.57. The third-order valence-electron chi connectivity index (χ3n) is 2.70. The second-order valence-corrected chi connectivity index (χ2v) is 3.99. The summed E-state index contributed by atoms with van der Waals surface area (Å²) in [6.07, 6.45) is 1.67. The summed E-state index contributed by atoms with van der Waals surface area (Å²) in [6, 6.07) is 9.12. The Labute approximate surface area is 102 Å². The number of nitrogens with one attached hydrogen (secondary N) is 2. The highest BCUT2D eigenvalue weighted by molar-refractivity contribution is 5.89. The van der Waals surface area contributed by atoms with E-state index in [0.717, 1.165) is 18.5 Å². The third kappa shape index (κ3) is 5.36. The van der Waals surface area contributed by atoms with E-state index in [4.69, 9.17) is 5.11 Å². The van der Waals surface area contributed by atoms with Crippen molar-refractivity contribution in [2.75, 3.05) is 18.5 Å². The molecule has 1 unspecified atom stereocenters. The number of aliphatic hydroxyl groups is 1. The molecule has 0 radical (unpaired) electrons. The zero-order chi connectivity index (χ0) is 12.5. The van der Waals surface area contributed by atoms with Gasteiger partial charge in [-0.3, -0.25) is 0 Å². The minimum absolute atomic E-state index is 0.167. The molecule has 0 heterocycles. The number of para-hydroxylation sites is 1. The number of anilines is 1. The lowest BCUT2D eigenvalue weighted by Gasteiger charge is -2.14. The Morgan fingerprint density at radius 1 is 1.35 bits per heavy atom. The van der Waals surface area contributed by atoms with Gasteiger partial charge in [0.25, 0.3) is 0 Å². The molecule has 94 valence electrons. The Morgan fingerprint density at radius 3 is 2.65 bits per heavy atom. The molecule has 0 saturated heterocycles. The van der Waals surface area contributed by atoms with Crippen LogP contribution < -0.4 is 10.6 Å². The van der Waals surface area contributed by atoms with Crippen molar-refractivity contribution in [3.8, 4) is 0 Å². The monoisotopic (exact) mass is 236 g/mol. The van der Waals surface area contributed by atoms with Crippen molar-refractivity contribution in [3.63, 3.8) is 0 Å². The van der Waals surface area contributed by atoms with Crippen LogP contribution >= 0.6 is 0 Å². The number of amides is 2. The standard InChI is InChI=1S/C13H20N2O2/c1-2-11(8-9-16)10-14-13(17)15-12-6-4-3-5-7-12/h3-7,11,16H,2,8-10H2,1H3,(H2,14,15,17). The molecule has 0 saturated carbocycles. The molecule has 4 nitrogen and oxygen atoms in total. The molecule has 1 rings (SSSR count). The Morgan fingerprint density at radius 2 is 2.06 bits per heavy atom. The molecule has 0 fully saturated rings. The van der Waals surface area contributed by atoms with Crippen LogP contribution in [0.15, 0.2) is 30.3 Å². The van der Waals surface area contributed by atoms with E-state index in [1.165, 1.54) is 0 Å². The number of rotatable bonds is 6. The lowest BCUT2D eigenvalue weighted by molar-refractivity contribution is 0.238. The van der Waals surface area contributed by atoms with Crippen LogP contribution in [-0.4, -0.2) is 24.3 Å². The summed E-state index contributed by atoms with van der Waals surface area (Å²) < 4.78 is 0. The van der Waals surface area contributed by atoms with Crippen molar-refractivity contribution in [1.82, 2.24) is 5.32 Å². The van der Waals surface area contributed by atoms with Crippen LogP contribution in [0, 0.1) is 5.92 Å². The molecule has 0 aliphatic carbocycles. The molecule has 0 aromatic heterocycles. The summed E-state index contributed by atoms with van der Waals surface area (Å²) in [7, 11) is 0. The molecule has 1 aromatic carbocycles. The van der Waals surface area contributed by atoms with Gasteiger partial charge >= 0.3 is 6.03 Å². The molecule has 1 aromatic rings. The van der Waals surface area contributed by atoms with Gasteiger partial charge in [-0.15, -0.1) is 0 Å². The van der Waals surface area contributed by atoms with Gasteiger partial charge in [-0.1, -0.05) is 31.5 Å². The predicted molar refractivity (Wildman–Crippen MR) is 68.9 cm³/mol. The molecule has 0 aliphatic heterocycles. The van der Waals surface area contributed by atoms with E-state index in [-0.39, 0.29) is 12.6 Å². The van der Waals surface area contributed by atoms with Crippen molar-refractivity contribution in [2.45, 2.75) is 19.8 Å². The van der Waals surface area contributed by atoms with Gasteiger partial charge in [0.05, 0.1) is 0 Å². The molecule has 4 heteroatoms. The summed E-state index contributed by atoms with van der Waals surface area (Å²) >= 11 is 0. The maximum atomic E-state index is 11.6. The van der Waals surface area contributed by atoms with E-state index in [9.17, 15) is 4.79 Å². The fraction of sp³-hybridized carbons (Fsp3) is 0.462. The number of hydrogen-bond acceptors (Lipinski definition) is 2. The second-order valence-electron chi connectivity index (χ2n) is 3.99. The Bertz CT molecular complexity index is 327. The van der Waals surface area contributed by atoms with E-state index in [1.54, 1.807) is 0 Å². The quantitative estimate of drug-likeness (QED) is 0.709. The maximum absolute atomic E-state index is 11.6. The summed E-state index contributed by atoms with van der Waals surface area (Å²) in [4.78, 5) is 11.6. The summed E-state index contributed by atoms with van der Waals surface area (Å²) in [5.41, 5.74) is 0.778. The number of benzene rings is 1. The zero-order valence-electron chi connectivity index (χ0n) is 10.1. The first-order valence-electron chi connectivity index (χ1n) is 5.97. The minimum Gasteiger partial charge on any atom is -0.396 e. The van der Waals surface area contributed by atoms with Crippen LogP contribution in [0.5, 0.6) is 0 Å². The van der Waals surface area contributed by atoms with Gasteiger partial charge in [0.2, 0.25) is 0 Å². The number of aliphatic hydroxyl groups excluding tert-OH is 1. The van der Waals surface area contributed by atoms with Crippen LogP contribution in [0.2, 0.25) is 0 Å². The van der Waals surface area contributed by atoms with Crippen molar-refractivity contribution in [1.29, 1.82) is 0 Å². The molecular formula is C13H20N2O2. The summed E-state index contributed by atoms with van der Waals surface area (Å²) in [5.74, 6) is 0.335. The lowest BCUT2D eigenvalue weighted by Crippen LogP contribution is -2.33. The molecule has 2 amide bonds. The van der Waals surface area contributed by atoms with Crippen molar-refractivity contribution >= 4 is 11.7 Å². The van der Waals surface area contributed by atoms with Crippen LogP contribution in [0.1, 0.15) is 19.8 Å². The third-order valence-corrected chi connectivity index (χ3v) is 2.70. The van der Waals surface area contributed by atoms with Gasteiger partial charge in [0.1, 0.15) is 0 Å². The smallest absolute Gasteiger partial charge is 0.319 e. The highest BCUT2D eigenvalue weighted by Crippen LogP contribution is 2.07. The predicted octanol–water partition coefficient (Wildman–Crippen LogP) is 2.22. The Balaban J connectivity index is 2.30.